The van der Waals surface area contributed by atoms with Gasteiger partial charge in [-0.1, -0.05) is 35.0 Å². The summed E-state index contributed by atoms with van der Waals surface area (Å²) < 4.78 is 12.6. The van der Waals surface area contributed by atoms with Gasteiger partial charge in [0.1, 0.15) is 11.5 Å². The van der Waals surface area contributed by atoms with Crippen molar-refractivity contribution in [3.05, 3.63) is 46.4 Å². The van der Waals surface area contributed by atoms with Crippen LogP contribution in [0.5, 0.6) is 11.5 Å². The molecule has 1 aromatic heterocycles. The normalized spacial score (nSPS) is 10.9. The highest BCUT2D eigenvalue weighted by molar-refractivity contribution is 7.99. The average Bonchev–Trinajstić information content (AvgIpc) is 3.15. The van der Waals surface area contributed by atoms with Crippen LogP contribution in [0.15, 0.2) is 41.6 Å². The number of nitrogens with one attached hydrogen (secondary N) is 1. The molecule has 0 aliphatic carbocycles. The lowest BCUT2D eigenvalue weighted by molar-refractivity contribution is -0.119. The van der Waals surface area contributed by atoms with Crippen molar-refractivity contribution < 1.29 is 14.3 Å². The van der Waals surface area contributed by atoms with Gasteiger partial charge >= 0.3 is 0 Å². The van der Waals surface area contributed by atoms with E-state index in [2.05, 4.69) is 15.5 Å². The van der Waals surface area contributed by atoms with E-state index in [0.29, 0.717) is 43.8 Å². The summed E-state index contributed by atoms with van der Waals surface area (Å²) in [4.78, 5) is 12.2. The van der Waals surface area contributed by atoms with Crippen molar-refractivity contribution in [2.24, 2.45) is 0 Å². The summed E-state index contributed by atoms with van der Waals surface area (Å²) in [5, 5.41) is 13.1. The van der Waals surface area contributed by atoms with Crippen LogP contribution >= 0.6 is 35.0 Å². The number of amides is 1. The third-order valence-electron chi connectivity index (χ3n) is 4.21. The number of nitrogens with zero attached hydrogens (tertiary/aromatic N) is 3. The molecule has 10 heteroatoms. The first kappa shape index (κ1) is 23.2. The minimum atomic E-state index is -0.0933. The van der Waals surface area contributed by atoms with E-state index in [9.17, 15) is 4.79 Å². The highest BCUT2D eigenvalue weighted by Crippen LogP contribution is 2.36. The van der Waals surface area contributed by atoms with E-state index >= 15 is 0 Å². The van der Waals surface area contributed by atoms with Gasteiger partial charge < -0.3 is 14.8 Å². The summed E-state index contributed by atoms with van der Waals surface area (Å²) in [6.07, 6.45) is 0. The van der Waals surface area contributed by atoms with Gasteiger partial charge in [0.25, 0.3) is 0 Å². The number of halogens is 2. The average molecular weight is 481 g/mol. The molecular formula is C21H22Cl2N4O3S. The van der Waals surface area contributed by atoms with E-state index in [1.54, 1.807) is 44.6 Å². The number of carbonyl (C=O) groups is 1. The van der Waals surface area contributed by atoms with Gasteiger partial charge in [-0.15, -0.1) is 10.2 Å². The third kappa shape index (κ3) is 5.44. The number of aromatic nitrogens is 3. The molecule has 2 aromatic carbocycles. The van der Waals surface area contributed by atoms with Crippen LogP contribution in [-0.4, -0.2) is 46.7 Å². The molecule has 0 unspecified atom stereocenters. The molecule has 164 valence electrons. The Hall–Kier alpha value is -2.42. The first-order valence-corrected chi connectivity index (χ1v) is 11.1. The molecule has 0 bridgehead atoms. The van der Waals surface area contributed by atoms with Crippen LogP contribution in [0, 0.1) is 0 Å². The van der Waals surface area contributed by atoms with E-state index in [0.717, 1.165) is 0 Å². The molecule has 0 atom stereocenters. The third-order valence-corrected chi connectivity index (χ3v) is 5.67. The van der Waals surface area contributed by atoms with Crippen LogP contribution in [-0.2, 0) is 4.79 Å². The molecule has 0 aliphatic heterocycles. The molecule has 1 N–H and O–H groups in total. The first-order valence-electron chi connectivity index (χ1n) is 9.39. The maximum absolute atomic E-state index is 12.2. The fraction of sp³-hybridized carbons (Fsp3) is 0.286. The van der Waals surface area contributed by atoms with E-state index in [1.807, 2.05) is 24.5 Å². The van der Waals surface area contributed by atoms with Crippen LogP contribution in [0.2, 0.25) is 10.0 Å². The number of ether oxygens (including phenoxy) is 2. The summed E-state index contributed by atoms with van der Waals surface area (Å²) in [6, 6.07) is 10.7. The summed E-state index contributed by atoms with van der Waals surface area (Å²) >= 11 is 13.9. The number of carbonyl (C=O) groups excluding carboxylic acids is 1. The second-order valence-corrected chi connectivity index (χ2v) is 8.60. The first-order chi connectivity index (χ1) is 14.8. The predicted octanol–water partition coefficient (Wildman–Crippen LogP) is 4.88. The Balaban J connectivity index is 2.10. The van der Waals surface area contributed by atoms with Crippen molar-refractivity contribution in [3.63, 3.8) is 0 Å². The molecule has 7 nitrogen and oxygen atoms in total. The number of rotatable bonds is 8. The van der Waals surface area contributed by atoms with Crippen molar-refractivity contribution >= 4 is 40.9 Å². The minimum absolute atomic E-state index is 0.0534. The van der Waals surface area contributed by atoms with Crippen LogP contribution < -0.4 is 14.8 Å². The van der Waals surface area contributed by atoms with Crippen LogP contribution in [0.25, 0.3) is 17.1 Å². The second-order valence-electron chi connectivity index (χ2n) is 6.82. The number of benzene rings is 2. The lowest BCUT2D eigenvalue weighted by Crippen LogP contribution is -2.31. The monoisotopic (exact) mass is 480 g/mol. The molecule has 0 spiro atoms. The molecular weight excluding hydrogens is 459 g/mol. The zero-order valence-electron chi connectivity index (χ0n) is 17.5. The number of thioether (sulfide) groups is 1. The van der Waals surface area contributed by atoms with Crippen LogP contribution in [0.3, 0.4) is 0 Å². The van der Waals surface area contributed by atoms with Crippen molar-refractivity contribution in [2.45, 2.75) is 25.0 Å². The SMILES string of the molecule is COc1ccc(-n2c(SCC(=O)NC(C)C)nnc2-c2cc(Cl)ccc2OC)cc1Cl. The highest BCUT2D eigenvalue weighted by atomic mass is 35.5. The smallest absolute Gasteiger partial charge is 0.230 e. The molecule has 3 aromatic rings. The van der Waals surface area contributed by atoms with Gasteiger partial charge in [0.15, 0.2) is 11.0 Å². The molecule has 0 saturated heterocycles. The molecule has 1 heterocycles. The van der Waals surface area contributed by atoms with Crippen LogP contribution in [0.4, 0.5) is 0 Å². The Morgan fingerprint density at radius 2 is 1.81 bits per heavy atom. The minimum Gasteiger partial charge on any atom is -0.496 e. The quantitative estimate of drug-likeness (QED) is 0.463. The number of hydrogen-bond acceptors (Lipinski definition) is 6. The molecule has 3 rings (SSSR count). The molecule has 0 fully saturated rings. The predicted molar refractivity (Wildman–Crippen MR) is 124 cm³/mol. The fourth-order valence-electron chi connectivity index (χ4n) is 2.91. The van der Waals surface area contributed by atoms with E-state index in [4.69, 9.17) is 32.7 Å². The summed E-state index contributed by atoms with van der Waals surface area (Å²) in [7, 11) is 3.13. The van der Waals surface area contributed by atoms with E-state index in [1.165, 1.54) is 11.8 Å². The maximum atomic E-state index is 12.2. The zero-order chi connectivity index (χ0) is 22.5. The van der Waals surface area contributed by atoms with E-state index in [-0.39, 0.29) is 17.7 Å². The van der Waals surface area contributed by atoms with Gasteiger partial charge in [0, 0.05) is 11.1 Å². The van der Waals surface area contributed by atoms with Gasteiger partial charge in [-0.05, 0) is 50.2 Å². The summed E-state index contributed by atoms with van der Waals surface area (Å²) in [5.41, 5.74) is 1.37. The Bertz CT molecular complexity index is 1090. The molecule has 0 saturated carbocycles. The molecule has 1 amide bonds. The standard InChI is InChI=1S/C21H22Cl2N4O3S/c1-12(2)24-19(28)11-31-21-26-25-20(15-9-13(22)5-7-17(15)29-3)27(21)14-6-8-18(30-4)16(23)10-14/h5-10,12H,11H2,1-4H3,(H,24,28). The Kier molecular flexibility index (Phi) is 7.69. The van der Waals surface area contributed by atoms with Crippen LogP contribution in [0.1, 0.15) is 13.8 Å². The van der Waals surface area contributed by atoms with Crippen molar-refractivity contribution in [1.29, 1.82) is 0 Å². The Morgan fingerprint density at radius 1 is 1.10 bits per heavy atom. The Labute approximate surface area is 195 Å². The van der Waals surface area contributed by atoms with Crippen molar-refractivity contribution in [3.8, 4) is 28.6 Å². The highest BCUT2D eigenvalue weighted by Gasteiger charge is 2.21. The summed E-state index contributed by atoms with van der Waals surface area (Å²) in [5.74, 6) is 1.74. The molecule has 31 heavy (non-hydrogen) atoms. The van der Waals surface area contributed by atoms with Gasteiger partial charge in [0.2, 0.25) is 5.91 Å². The summed E-state index contributed by atoms with van der Waals surface area (Å²) in [6.45, 7) is 3.82. The lowest BCUT2D eigenvalue weighted by atomic mass is 10.2. The van der Waals surface area contributed by atoms with Crippen molar-refractivity contribution in [2.75, 3.05) is 20.0 Å². The van der Waals surface area contributed by atoms with Gasteiger partial charge in [0.05, 0.1) is 36.2 Å². The maximum Gasteiger partial charge on any atom is 0.230 e. The van der Waals surface area contributed by atoms with Crippen molar-refractivity contribution in [1.82, 2.24) is 20.1 Å². The zero-order valence-corrected chi connectivity index (χ0v) is 19.8. The lowest BCUT2D eigenvalue weighted by Gasteiger charge is -2.14. The number of hydrogen-bond donors (Lipinski definition) is 1. The van der Waals surface area contributed by atoms with Gasteiger partial charge in [-0.2, -0.15) is 0 Å². The second kappa shape index (κ2) is 10.3. The fourth-order valence-corrected chi connectivity index (χ4v) is 4.10. The topological polar surface area (TPSA) is 78.3 Å². The van der Waals surface area contributed by atoms with Gasteiger partial charge in [-0.3, -0.25) is 9.36 Å². The number of methoxy groups -OCH3 is 2. The van der Waals surface area contributed by atoms with Gasteiger partial charge in [-0.25, -0.2) is 0 Å². The van der Waals surface area contributed by atoms with E-state index < -0.39 is 0 Å². The molecule has 0 radical (unpaired) electrons. The molecule has 0 aliphatic rings. The Morgan fingerprint density at radius 3 is 2.45 bits per heavy atom. The largest absolute Gasteiger partial charge is 0.496 e.